The van der Waals surface area contributed by atoms with Crippen LogP contribution in [0.4, 0.5) is 9.93 Å². The first-order chi connectivity index (χ1) is 15.8. The van der Waals surface area contributed by atoms with E-state index in [1.54, 1.807) is 30.3 Å². The van der Waals surface area contributed by atoms with Gasteiger partial charge in [-0.15, -0.1) is 0 Å². The second kappa shape index (κ2) is 10.2. The van der Waals surface area contributed by atoms with E-state index >= 15 is 0 Å². The van der Waals surface area contributed by atoms with Crippen LogP contribution in [0.2, 0.25) is 5.02 Å². The monoisotopic (exact) mass is 506 g/mol. The minimum atomic E-state index is -3.41. The fraction of sp³-hybridized carbons (Fsp3) is 0.318. The standard InChI is InChI=1S/C22H23ClN4O4S2/c23-17-7-2-1-6-16(17)20(28)25-21(29)26-22-24-18-9-8-15(14-19(18)32-22)33(30,31)13-5-12-27-10-3-4-11-27/h1-2,6-9,14H,3-5,10-13H2,(H2,24,25,26,28,29). The summed E-state index contributed by atoms with van der Waals surface area (Å²) in [6, 6.07) is 10.4. The largest absolute Gasteiger partial charge is 0.327 e. The van der Waals surface area contributed by atoms with Crippen molar-refractivity contribution in [1.82, 2.24) is 15.2 Å². The molecule has 1 aliphatic heterocycles. The highest BCUT2D eigenvalue weighted by Gasteiger charge is 2.19. The molecule has 33 heavy (non-hydrogen) atoms. The lowest BCUT2D eigenvalue weighted by Crippen LogP contribution is -2.34. The van der Waals surface area contributed by atoms with E-state index in [9.17, 15) is 18.0 Å². The van der Waals surface area contributed by atoms with Crippen molar-refractivity contribution in [2.45, 2.75) is 24.2 Å². The normalized spacial score (nSPS) is 14.5. The third-order valence-corrected chi connectivity index (χ3v) is 8.43. The first-order valence-electron chi connectivity index (χ1n) is 10.5. The lowest BCUT2D eigenvalue weighted by atomic mass is 10.2. The molecule has 1 aliphatic rings. The lowest BCUT2D eigenvalue weighted by molar-refractivity contribution is 0.0967. The second-order valence-electron chi connectivity index (χ2n) is 7.76. The van der Waals surface area contributed by atoms with Gasteiger partial charge >= 0.3 is 6.03 Å². The van der Waals surface area contributed by atoms with Gasteiger partial charge < -0.3 is 4.90 Å². The number of urea groups is 1. The summed E-state index contributed by atoms with van der Waals surface area (Å²) in [7, 11) is -3.41. The molecule has 1 saturated heterocycles. The molecule has 11 heteroatoms. The van der Waals surface area contributed by atoms with Crippen LogP contribution >= 0.6 is 22.9 Å². The fourth-order valence-corrected chi connectivity index (χ4v) is 6.21. The predicted molar refractivity (Wildman–Crippen MR) is 130 cm³/mol. The number of sulfone groups is 1. The van der Waals surface area contributed by atoms with Crippen LogP contribution in [0.15, 0.2) is 47.4 Å². The maximum Gasteiger partial charge on any atom is 0.327 e. The highest BCUT2D eigenvalue weighted by Crippen LogP contribution is 2.29. The van der Waals surface area contributed by atoms with Crippen molar-refractivity contribution < 1.29 is 18.0 Å². The molecule has 2 heterocycles. The number of fused-ring (bicyclic) bond motifs is 1. The number of imide groups is 1. The Bertz CT molecular complexity index is 1290. The fourth-order valence-electron chi connectivity index (χ4n) is 3.70. The minimum Gasteiger partial charge on any atom is -0.303 e. The van der Waals surface area contributed by atoms with Crippen LogP contribution in [-0.4, -0.2) is 55.6 Å². The van der Waals surface area contributed by atoms with Crippen LogP contribution < -0.4 is 10.6 Å². The van der Waals surface area contributed by atoms with Crippen LogP contribution in [0, 0.1) is 0 Å². The van der Waals surface area contributed by atoms with Gasteiger partial charge in [0, 0.05) is 0 Å². The maximum atomic E-state index is 12.8. The number of carbonyl (C=O) groups is 2. The molecule has 0 unspecified atom stereocenters. The Kier molecular flexibility index (Phi) is 7.28. The second-order valence-corrected chi connectivity index (χ2v) is 11.3. The summed E-state index contributed by atoms with van der Waals surface area (Å²) in [5.74, 6) is -0.549. The van der Waals surface area contributed by atoms with Crippen molar-refractivity contribution in [3.63, 3.8) is 0 Å². The van der Waals surface area contributed by atoms with Gasteiger partial charge in [-0.05, 0) is 69.2 Å². The Balaban J connectivity index is 1.39. The molecule has 0 bridgehead atoms. The van der Waals surface area contributed by atoms with Crippen LogP contribution in [0.25, 0.3) is 10.2 Å². The number of halogens is 1. The molecule has 2 N–H and O–H groups in total. The molecule has 174 valence electrons. The number of hydrogen-bond donors (Lipinski definition) is 2. The van der Waals surface area contributed by atoms with E-state index < -0.39 is 21.8 Å². The molecule has 0 saturated carbocycles. The number of likely N-dealkylation sites (tertiary alicyclic amines) is 1. The molecule has 3 aromatic rings. The molecule has 1 fully saturated rings. The Hall–Kier alpha value is -2.53. The summed E-state index contributed by atoms with van der Waals surface area (Å²) in [6.45, 7) is 2.87. The topological polar surface area (TPSA) is 108 Å². The summed E-state index contributed by atoms with van der Waals surface area (Å²) in [5, 5.41) is 5.20. The van der Waals surface area contributed by atoms with Crippen molar-refractivity contribution in [2.24, 2.45) is 0 Å². The van der Waals surface area contributed by atoms with E-state index in [1.165, 1.54) is 25.0 Å². The van der Waals surface area contributed by atoms with Gasteiger partial charge in [0.2, 0.25) is 0 Å². The van der Waals surface area contributed by atoms with Gasteiger partial charge in [0.25, 0.3) is 5.91 Å². The third-order valence-electron chi connectivity index (χ3n) is 5.37. The van der Waals surface area contributed by atoms with Gasteiger partial charge in [-0.3, -0.25) is 15.4 Å². The Labute approximate surface area is 200 Å². The number of anilines is 1. The van der Waals surface area contributed by atoms with Crippen molar-refractivity contribution in [1.29, 1.82) is 0 Å². The number of aromatic nitrogens is 1. The molecule has 0 radical (unpaired) electrons. The van der Waals surface area contributed by atoms with Crippen molar-refractivity contribution in [3.05, 3.63) is 53.1 Å². The molecule has 0 spiro atoms. The molecule has 4 rings (SSSR count). The SMILES string of the molecule is O=C(NC(=O)c1ccccc1Cl)Nc1nc2ccc(S(=O)(=O)CCCN3CCCC3)cc2s1. The van der Waals surface area contributed by atoms with Crippen LogP contribution in [0.3, 0.4) is 0 Å². The number of nitrogens with one attached hydrogen (secondary N) is 2. The number of amides is 3. The molecule has 8 nitrogen and oxygen atoms in total. The average molecular weight is 507 g/mol. The van der Waals surface area contributed by atoms with Crippen LogP contribution in [0.5, 0.6) is 0 Å². The molecule has 0 atom stereocenters. The summed E-state index contributed by atoms with van der Waals surface area (Å²) < 4.78 is 26.1. The Morgan fingerprint density at radius 3 is 2.64 bits per heavy atom. The van der Waals surface area contributed by atoms with Gasteiger partial charge in [-0.1, -0.05) is 35.1 Å². The number of thiazole rings is 1. The highest BCUT2D eigenvalue weighted by molar-refractivity contribution is 7.91. The van der Waals surface area contributed by atoms with Crippen molar-refractivity contribution in [2.75, 3.05) is 30.7 Å². The van der Waals surface area contributed by atoms with E-state index in [4.69, 9.17) is 11.6 Å². The summed E-state index contributed by atoms with van der Waals surface area (Å²) in [5.41, 5.74) is 0.738. The zero-order valence-electron chi connectivity index (χ0n) is 17.7. The van der Waals surface area contributed by atoms with E-state index in [-0.39, 0.29) is 26.4 Å². The molecule has 0 aliphatic carbocycles. The van der Waals surface area contributed by atoms with Gasteiger partial charge in [-0.2, -0.15) is 0 Å². The molecule has 2 aromatic carbocycles. The minimum absolute atomic E-state index is 0.0888. The zero-order chi connectivity index (χ0) is 23.4. The Morgan fingerprint density at radius 1 is 1.12 bits per heavy atom. The predicted octanol–water partition coefficient (Wildman–Crippen LogP) is 4.17. The van der Waals surface area contributed by atoms with E-state index in [0.29, 0.717) is 16.6 Å². The van der Waals surface area contributed by atoms with E-state index in [1.807, 2.05) is 0 Å². The summed E-state index contributed by atoms with van der Waals surface area (Å²) in [4.78, 5) is 31.3. The number of benzene rings is 2. The molecular formula is C22H23ClN4O4S2. The number of nitrogens with zero attached hydrogens (tertiary/aromatic N) is 2. The molecule has 1 aromatic heterocycles. The molecular weight excluding hydrogens is 484 g/mol. The quantitative estimate of drug-likeness (QED) is 0.498. The van der Waals surface area contributed by atoms with Gasteiger partial charge in [-0.25, -0.2) is 18.2 Å². The van der Waals surface area contributed by atoms with E-state index in [2.05, 4.69) is 20.5 Å². The van der Waals surface area contributed by atoms with Crippen molar-refractivity contribution >= 4 is 60.1 Å². The van der Waals surface area contributed by atoms with Gasteiger partial charge in [0.05, 0.1) is 31.5 Å². The zero-order valence-corrected chi connectivity index (χ0v) is 20.1. The number of hydrogen-bond acceptors (Lipinski definition) is 7. The van der Waals surface area contributed by atoms with Gasteiger partial charge in [0.1, 0.15) is 0 Å². The van der Waals surface area contributed by atoms with Crippen molar-refractivity contribution in [3.8, 4) is 0 Å². The number of rotatable bonds is 7. The smallest absolute Gasteiger partial charge is 0.303 e. The summed E-state index contributed by atoms with van der Waals surface area (Å²) >= 11 is 7.11. The average Bonchev–Trinajstić information content (AvgIpc) is 3.42. The van der Waals surface area contributed by atoms with E-state index in [0.717, 1.165) is 31.0 Å². The first-order valence-corrected chi connectivity index (χ1v) is 13.4. The Morgan fingerprint density at radius 2 is 1.88 bits per heavy atom. The summed E-state index contributed by atoms with van der Waals surface area (Å²) in [6.07, 6.45) is 2.95. The highest BCUT2D eigenvalue weighted by atomic mass is 35.5. The first kappa shape index (κ1) is 23.6. The maximum absolute atomic E-state index is 12.8. The third kappa shape index (κ3) is 5.89. The lowest BCUT2D eigenvalue weighted by Gasteiger charge is -2.14. The van der Waals surface area contributed by atoms with Crippen LogP contribution in [-0.2, 0) is 9.84 Å². The van der Waals surface area contributed by atoms with Gasteiger partial charge in [0.15, 0.2) is 15.0 Å². The number of carbonyl (C=O) groups excluding carboxylic acids is 2. The van der Waals surface area contributed by atoms with Crippen LogP contribution in [0.1, 0.15) is 29.6 Å². The molecule has 3 amide bonds.